The van der Waals surface area contributed by atoms with Gasteiger partial charge in [0.25, 0.3) is 0 Å². The third-order valence-electron chi connectivity index (χ3n) is 4.33. The smallest absolute Gasteiger partial charge is 0.339 e. The third kappa shape index (κ3) is 5.69. The third-order valence-corrected chi connectivity index (χ3v) is 6.81. The van der Waals surface area contributed by atoms with Gasteiger partial charge in [-0.3, -0.25) is 4.57 Å². The molecule has 0 fully saturated rings. The average Bonchev–Trinajstić information content (AvgIpc) is 2.64. The van der Waals surface area contributed by atoms with E-state index in [1.54, 1.807) is 32.9 Å². The Balaban J connectivity index is 2.48. The molecule has 2 aromatic rings. The van der Waals surface area contributed by atoms with E-state index in [0.717, 1.165) is 11.4 Å². The summed E-state index contributed by atoms with van der Waals surface area (Å²) in [6, 6.07) is 5.29. The number of nitrogens with zero attached hydrogens (tertiary/aromatic N) is 2. The molecule has 0 radical (unpaired) electrons. The van der Waals surface area contributed by atoms with Crippen molar-refractivity contribution in [2.45, 2.75) is 40.3 Å². The Bertz CT molecular complexity index is 860. The Morgan fingerprint density at radius 3 is 2.17 bits per heavy atom. The Hall–Kier alpha value is -2.15. The predicted molar refractivity (Wildman–Crippen MR) is 113 cm³/mol. The Kier molecular flexibility index (Phi) is 8.02. The minimum absolute atomic E-state index is 0.0447. The minimum Gasteiger partial charge on any atom is -0.504 e. The fraction of sp³-hybridized carbons (Fsp3) is 0.500. The van der Waals surface area contributed by atoms with Crippen LogP contribution < -0.4 is 10.1 Å². The number of rotatable bonds is 10. The molecule has 1 aromatic heterocycles. The molecule has 1 heterocycles. The molecule has 1 aromatic carbocycles. The van der Waals surface area contributed by atoms with E-state index in [-0.39, 0.29) is 25.5 Å². The maximum atomic E-state index is 13.6. The van der Waals surface area contributed by atoms with Gasteiger partial charge in [-0.1, -0.05) is 6.07 Å². The number of ether oxygens (including phenoxy) is 1. The van der Waals surface area contributed by atoms with Gasteiger partial charge in [-0.2, -0.15) is 0 Å². The van der Waals surface area contributed by atoms with Gasteiger partial charge >= 0.3 is 7.60 Å². The fourth-order valence-corrected chi connectivity index (χ4v) is 5.09. The lowest BCUT2D eigenvalue weighted by atomic mass is 10.1. The van der Waals surface area contributed by atoms with Gasteiger partial charge in [0, 0.05) is 17.9 Å². The van der Waals surface area contributed by atoms with Gasteiger partial charge < -0.3 is 24.2 Å². The standard InChI is InChI=1S/C20H30N3O5P/c1-7-27-29(25,28-8-2)18(12-21-20-22-14(4)10-15(5)23-20)16-9-13(3)19(24)17(11-16)26-6/h9-11,18,24H,7-8,12H2,1-6H3,(H,21,22,23). The number of anilines is 1. The highest BCUT2D eigenvalue weighted by molar-refractivity contribution is 7.54. The Labute approximate surface area is 172 Å². The zero-order valence-corrected chi connectivity index (χ0v) is 18.7. The maximum absolute atomic E-state index is 13.6. The highest BCUT2D eigenvalue weighted by Crippen LogP contribution is 2.61. The van der Waals surface area contributed by atoms with Crippen LogP contribution in [0.1, 0.15) is 42.0 Å². The van der Waals surface area contributed by atoms with Crippen LogP contribution in [0.2, 0.25) is 0 Å². The quantitative estimate of drug-likeness (QED) is 0.537. The highest BCUT2D eigenvalue weighted by atomic mass is 31.2. The van der Waals surface area contributed by atoms with Crippen LogP contribution in [0.3, 0.4) is 0 Å². The van der Waals surface area contributed by atoms with E-state index in [1.165, 1.54) is 7.11 Å². The molecule has 2 rings (SSSR count). The molecule has 0 saturated carbocycles. The molecule has 0 amide bonds. The minimum atomic E-state index is -3.53. The molecule has 0 aliphatic heterocycles. The molecule has 160 valence electrons. The van der Waals surface area contributed by atoms with Gasteiger partial charge in [0.05, 0.1) is 20.3 Å². The van der Waals surface area contributed by atoms with Crippen molar-refractivity contribution in [3.63, 3.8) is 0 Å². The Morgan fingerprint density at radius 1 is 1.07 bits per heavy atom. The number of nitrogens with one attached hydrogen (secondary N) is 1. The number of aryl methyl sites for hydroxylation is 3. The summed E-state index contributed by atoms with van der Waals surface area (Å²) >= 11 is 0. The van der Waals surface area contributed by atoms with Crippen molar-refractivity contribution in [1.82, 2.24) is 9.97 Å². The number of hydrogen-bond donors (Lipinski definition) is 2. The van der Waals surface area contributed by atoms with E-state index in [2.05, 4.69) is 15.3 Å². The van der Waals surface area contributed by atoms with E-state index in [4.69, 9.17) is 13.8 Å². The summed E-state index contributed by atoms with van der Waals surface area (Å²) in [4.78, 5) is 8.76. The van der Waals surface area contributed by atoms with Crippen molar-refractivity contribution in [3.05, 3.63) is 40.7 Å². The van der Waals surface area contributed by atoms with E-state index in [1.807, 2.05) is 19.9 Å². The van der Waals surface area contributed by atoms with Crippen LogP contribution in [-0.4, -0.2) is 41.9 Å². The van der Waals surface area contributed by atoms with Crippen molar-refractivity contribution in [1.29, 1.82) is 0 Å². The molecule has 1 unspecified atom stereocenters. The van der Waals surface area contributed by atoms with Crippen molar-refractivity contribution < 1.29 is 23.5 Å². The van der Waals surface area contributed by atoms with E-state index < -0.39 is 13.3 Å². The number of methoxy groups -OCH3 is 1. The molecule has 0 aliphatic rings. The van der Waals surface area contributed by atoms with E-state index >= 15 is 0 Å². The molecule has 29 heavy (non-hydrogen) atoms. The molecular formula is C20H30N3O5P. The summed E-state index contributed by atoms with van der Waals surface area (Å²) in [5, 5.41) is 13.4. The topological polar surface area (TPSA) is 103 Å². The van der Waals surface area contributed by atoms with Crippen LogP contribution in [0.5, 0.6) is 11.5 Å². The molecule has 0 bridgehead atoms. The summed E-state index contributed by atoms with van der Waals surface area (Å²) in [6.07, 6.45) is 0. The zero-order valence-electron chi connectivity index (χ0n) is 17.9. The molecule has 1 atom stereocenters. The van der Waals surface area contributed by atoms with Crippen LogP contribution in [0, 0.1) is 20.8 Å². The maximum Gasteiger partial charge on any atom is 0.339 e. The van der Waals surface area contributed by atoms with Crippen molar-refractivity contribution in [2.24, 2.45) is 0 Å². The van der Waals surface area contributed by atoms with Gasteiger partial charge in [-0.25, -0.2) is 9.97 Å². The van der Waals surface area contributed by atoms with Gasteiger partial charge in [-0.05, 0) is 57.9 Å². The first-order chi connectivity index (χ1) is 13.7. The molecule has 0 saturated heterocycles. The molecule has 0 aliphatic carbocycles. The van der Waals surface area contributed by atoms with Gasteiger partial charge in [0.2, 0.25) is 5.95 Å². The molecule has 0 spiro atoms. The van der Waals surface area contributed by atoms with Crippen molar-refractivity contribution >= 4 is 13.5 Å². The number of hydrogen-bond acceptors (Lipinski definition) is 8. The first-order valence-electron chi connectivity index (χ1n) is 9.56. The summed E-state index contributed by atoms with van der Waals surface area (Å²) in [6.45, 7) is 9.76. The fourth-order valence-electron chi connectivity index (χ4n) is 3.10. The second-order valence-corrected chi connectivity index (χ2v) is 8.85. The number of aromatic hydroxyl groups is 1. The largest absolute Gasteiger partial charge is 0.504 e. The lowest BCUT2D eigenvalue weighted by molar-refractivity contribution is 0.212. The zero-order chi connectivity index (χ0) is 21.6. The SMILES string of the molecule is CCOP(=O)(OCC)C(CNc1nc(C)cc(C)n1)c1cc(C)c(O)c(OC)c1. The van der Waals surface area contributed by atoms with Gasteiger partial charge in [0.15, 0.2) is 11.5 Å². The van der Waals surface area contributed by atoms with Crippen LogP contribution in [0.15, 0.2) is 18.2 Å². The molecular weight excluding hydrogens is 393 g/mol. The lowest BCUT2D eigenvalue weighted by Gasteiger charge is -2.27. The summed E-state index contributed by atoms with van der Waals surface area (Å²) in [5.74, 6) is 0.782. The van der Waals surface area contributed by atoms with Crippen molar-refractivity contribution in [3.8, 4) is 11.5 Å². The van der Waals surface area contributed by atoms with Crippen molar-refractivity contribution in [2.75, 3.05) is 32.2 Å². The average molecular weight is 423 g/mol. The van der Waals surface area contributed by atoms with Crippen LogP contribution in [0.25, 0.3) is 0 Å². The first kappa shape index (κ1) is 23.1. The van der Waals surface area contributed by atoms with Gasteiger partial charge in [-0.15, -0.1) is 0 Å². The second kappa shape index (κ2) is 10.1. The summed E-state index contributed by atoms with van der Waals surface area (Å²) in [5.41, 5.74) is 2.28. The molecule has 2 N–H and O–H groups in total. The summed E-state index contributed by atoms with van der Waals surface area (Å²) < 4.78 is 30.1. The van der Waals surface area contributed by atoms with Gasteiger partial charge in [0.1, 0.15) is 5.66 Å². The number of aromatic nitrogens is 2. The van der Waals surface area contributed by atoms with Crippen LogP contribution in [-0.2, 0) is 13.6 Å². The van der Waals surface area contributed by atoms with E-state index in [0.29, 0.717) is 22.8 Å². The lowest BCUT2D eigenvalue weighted by Crippen LogP contribution is -2.18. The molecule has 8 nitrogen and oxygen atoms in total. The van der Waals surface area contributed by atoms with E-state index in [9.17, 15) is 9.67 Å². The molecule has 9 heteroatoms. The second-order valence-electron chi connectivity index (χ2n) is 6.64. The monoisotopic (exact) mass is 423 g/mol. The number of phenols is 1. The normalized spacial score (nSPS) is 12.6. The first-order valence-corrected chi connectivity index (χ1v) is 11.2. The number of benzene rings is 1. The van der Waals surface area contributed by atoms with Crippen LogP contribution >= 0.6 is 7.60 Å². The highest BCUT2D eigenvalue weighted by Gasteiger charge is 2.37. The summed E-state index contributed by atoms with van der Waals surface area (Å²) in [7, 11) is -2.06. The number of phenolic OH excluding ortho intramolecular Hbond substituents is 1. The van der Waals surface area contributed by atoms with Crippen LogP contribution in [0.4, 0.5) is 5.95 Å². The Morgan fingerprint density at radius 2 is 1.66 bits per heavy atom. The predicted octanol–water partition coefficient (Wildman–Crippen LogP) is 4.54.